The fourth-order valence-electron chi connectivity index (χ4n) is 8.50. The lowest BCUT2D eigenvalue weighted by Gasteiger charge is -2.41. The van der Waals surface area contributed by atoms with Gasteiger partial charge < -0.3 is 20.1 Å². The van der Waals surface area contributed by atoms with Crippen molar-refractivity contribution < 1.29 is 46.6 Å². The third-order valence-electron chi connectivity index (χ3n) is 11.9. The monoisotopic (exact) mass is 926 g/mol. The Labute approximate surface area is 382 Å². The molecule has 0 saturated carbocycles. The molecule has 0 atom stereocenters. The van der Waals surface area contributed by atoms with E-state index >= 15 is 4.39 Å². The molecule has 3 fully saturated rings. The third-order valence-corrected chi connectivity index (χ3v) is 11.9. The first kappa shape index (κ1) is 46.6. The molecule has 0 unspecified atom stereocenters. The molecule has 5 amide bonds. The number of urea groups is 2. The van der Waals surface area contributed by atoms with Crippen molar-refractivity contribution in [2.75, 3.05) is 37.6 Å². The Morgan fingerprint density at radius 1 is 0.910 bits per heavy atom. The van der Waals surface area contributed by atoms with Crippen LogP contribution in [0.25, 0.3) is 39.1 Å². The molecule has 3 saturated heterocycles. The number of aromatic nitrogens is 5. The van der Waals surface area contributed by atoms with Crippen LogP contribution in [0.4, 0.5) is 33.0 Å². The number of fused-ring (bicyclic) bond motifs is 2. The quantitative estimate of drug-likeness (QED) is 0.125. The summed E-state index contributed by atoms with van der Waals surface area (Å²) in [5.41, 5.74) is 7.37. The van der Waals surface area contributed by atoms with Gasteiger partial charge in [0.05, 0.1) is 41.7 Å². The first-order valence-electron chi connectivity index (χ1n) is 21.8. The highest BCUT2D eigenvalue weighted by atomic mass is 19.4. The van der Waals surface area contributed by atoms with Crippen molar-refractivity contribution in [3.05, 3.63) is 102 Å². The van der Waals surface area contributed by atoms with Gasteiger partial charge in [-0.15, -0.1) is 0 Å². The van der Waals surface area contributed by atoms with Crippen molar-refractivity contribution in [1.29, 1.82) is 0 Å². The average Bonchev–Trinajstić information content (AvgIpc) is 3.85. The number of carboxylic acid groups (broad SMARTS) is 1. The maximum absolute atomic E-state index is 15.4. The highest BCUT2D eigenvalue weighted by Crippen LogP contribution is 2.34. The highest BCUT2D eigenvalue weighted by Gasteiger charge is 2.38. The van der Waals surface area contributed by atoms with Crippen LogP contribution in [0, 0.1) is 5.82 Å². The Morgan fingerprint density at radius 3 is 2.27 bits per heavy atom. The van der Waals surface area contributed by atoms with Crippen molar-refractivity contribution in [1.82, 2.24) is 44.8 Å². The second-order valence-corrected chi connectivity index (χ2v) is 17.9. The van der Waals surface area contributed by atoms with Crippen LogP contribution in [0.15, 0.2) is 79.0 Å². The number of amides is 5. The lowest BCUT2D eigenvalue weighted by molar-refractivity contribution is -0.192. The number of carboxylic acids is 1. The van der Waals surface area contributed by atoms with Crippen molar-refractivity contribution in [3.8, 4) is 22.5 Å². The van der Waals surface area contributed by atoms with Gasteiger partial charge in [0.2, 0.25) is 5.91 Å². The first-order valence-corrected chi connectivity index (χ1v) is 21.8. The summed E-state index contributed by atoms with van der Waals surface area (Å²) in [5, 5.41) is 22.8. The fourth-order valence-corrected chi connectivity index (χ4v) is 8.50. The molecule has 0 aliphatic carbocycles. The van der Waals surface area contributed by atoms with Crippen molar-refractivity contribution in [2.24, 2.45) is 7.05 Å². The first-order chi connectivity index (χ1) is 31.8. The summed E-state index contributed by atoms with van der Waals surface area (Å²) in [7, 11) is 1.89. The fraction of sp³-hybridized carbons (Fsp3) is 0.383. The number of imide groups is 1. The van der Waals surface area contributed by atoms with Crippen LogP contribution < -0.4 is 15.5 Å². The predicted molar refractivity (Wildman–Crippen MR) is 239 cm³/mol. The number of piperidine rings is 1. The molecule has 0 spiro atoms. The lowest BCUT2D eigenvalue weighted by atomic mass is 9.88. The molecule has 0 radical (unpaired) electrons. The second kappa shape index (κ2) is 18.8. The average molecular weight is 927 g/mol. The normalized spacial score (nSPS) is 16.5. The van der Waals surface area contributed by atoms with Gasteiger partial charge in [-0.05, 0) is 88.0 Å². The van der Waals surface area contributed by atoms with Crippen LogP contribution in [0.2, 0.25) is 0 Å². The Hall–Kier alpha value is -6.93. The van der Waals surface area contributed by atoms with Gasteiger partial charge in [0.25, 0.3) is 0 Å². The lowest BCUT2D eigenvalue weighted by Crippen LogP contribution is -2.59. The number of carbonyl (C=O) groups excluding carboxylic acids is 3. The minimum absolute atomic E-state index is 0.0148. The molecule has 0 bridgehead atoms. The van der Waals surface area contributed by atoms with Crippen LogP contribution in [0.5, 0.6) is 0 Å². The molecule has 67 heavy (non-hydrogen) atoms. The Balaban J connectivity index is 0.000000807. The van der Waals surface area contributed by atoms with Gasteiger partial charge in [0.1, 0.15) is 5.82 Å². The Bertz CT molecular complexity index is 2830. The summed E-state index contributed by atoms with van der Waals surface area (Å²) >= 11 is 0. The van der Waals surface area contributed by atoms with Crippen molar-refractivity contribution >= 4 is 46.3 Å². The van der Waals surface area contributed by atoms with Crippen LogP contribution in [0.1, 0.15) is 62.6 Å². The number of aliphatic carboxylic acids is 1. The number of aryl methyl sites for hydroxylation is 1. The van der Waals surface area contributed by atoms with E-state index in [-0.39, 0.29) is 36.6 Å². The minimum Gasteiger partial charge on any atom is -0.475 e. The van der Waals surface area contributed by atoms with Gasteiger partial charge in [-0.3, -0.25) is 24.6 Å². The number of alkyl halides is 3. The molecule has 3 aromatic heterocycles. The molecule has 352 valence electrons. The summed E-state index contributed by atoms with van der Waals surface area (Å²) in [6.07, 6.45) is -1.03. The number of ether oxygens (including phenoxy) is 1. The summed E-state index contributed by atoms with van der Waals surface area (Å²) in [6, 6.07) is 23.0. The summed E-state index contributed by atoms with van der Waals surface area (Å²) in [6.45, 7) is 10.2. The van der Waals surface area contributed by atoms with Gasteiger partial charge in [0.15, 0.2) is 11.5 Å². The Kier molecular flexibility index (Phi) is 13.0. The van der Waals surface area contributed by atoms with Crippen LogP contribution >= 0.6 is 0 Å². The number of hydrogen-bond acceptors (Lipinski definition) is 9. The molecule has 6 aromatic rings. The number of nitrogens with one attached hydrogen (secondary N) is 2. The van der Waals surface area contributed by atoms with Crippen LogP contribution in [-0.4, -0.2) is 114 Å². The van der Waals surface area contributed by atoms with E-state index in [9.17, 15) is 27.6 Å². The van der Waals surface area contributed by atoms with Gasteiger partial charge in [-0.25, -0.2) is 28.3 Å². The molecule has 6 heterocycles. The number of hydrogen-bond donors (Lipinski definition) is 3. The predicted octanol–water partition coefficient (Wildman–Crippen LogP) is 7.26. The number of anilines is 1. The van der Waals surface area contributed by atoms with Crippen molar-refractivity contribution in [2.45, 2.75) is 76.9 Å². The smallest absolute Gasteiger partial charge is 0.475 e. The standard InChI is InChI=1S/C45H49FN10O4.C2HF3O2/c1-45(2,3)60-34-26-54(27-34)43(58)48-24-33-10-9-32(21-36(33)46)38-13-17-47-40-23-37(50-56(38)40)30-7-5-28(6-8-30)25-53-18-14-29(15-19-53)31-11-12-35-39(22-31)52(4)51-42(35)55-20-16-41(57)49-44(55)59;3-2(4,5)1(6)7/h5-13,17,21-23,29,34H,14-16,18-20,24-27H2,1-4H3,(H,48,58)(H,49,57,59);(H,6,7). The molecule has 16 nitrogen and oxygen atoms in total. The SMILES string of the molecule is Cn1nc(N2CCC(=O)NC2=O)c2ccc(C3CCN(Cc4ccc(-c5cc6nccc(-c7ccc(CNC(=O)N8CC(OC(C)(C)C)C8)c(F)c7)n6n5)cc4)CC3)cc21.O=C(O)C(F)(F)F. The number of likely N-dealkylation sites (tertiary alicyclic amines) is 2. The molecule has 3 aromatic carbocycles. The van der Waals surface area contributed by atoms with Crippen LogP contribution in [-0.2, 0) is 34.5 Å². The van der Waals surface area contributed by atoms with Crippen molar-refractivity contribution in [3.63, 3.8) is 0 Å². The van der Waals surface area contributed by atoms with E-state index in [1.807, 2.05) is 50.7 Å². The maximum Gasteiger partial charge on any atom is 0.490 e. The van der Waals surface area contributed by atoms with E-state index < -0.39 is 24.0 Å². The molecule has 3 N–H and O–H groups in total. The van der Waals surface area contributed by atoms with Gasteiger partial charge >= 0.3 is 24.2 Å². The summed E-state index contributed by atoms with van der Waals surface area (Å²) in [4.78, 5) is 55.9. The molecular weight excluding hydrogens is 877 g/mol. The second-order valence-electron chi connectivity index (χ2n) is 17.9. The third kappa shape index (κ3) is 10.7. The number of rotatable bonds is 9. The van der Waals surface area contributed by atoms with Gasteiger partial charge in [-0.1, -0.05) is 42.5 Å². The van der Waals surface area contributed by atoms with Crippen LogP contribution in [0.3, 0.4) is 0 Å². The molecular formula is C47H50F4N10O6. The molecule has 3 aliphatic heterocycles. The van der Waals surface area contributed by atoms with E-state index in [2.05, 4.69) is 68.1 Å². The largest absolute Gasteiger partial charge is 0.490 e. The number of nitrogens with zero attached hydrogens (tertiary/aromatic N) is 8. The zero-order chi connectivity index (χ0) is 47.8. The molecule has 20 heteroatoms. The summed E-state index contributed by atoms with van der Waals surface area (Å²) in [5.74, 6) is -2.42. The summed E-state index contributed by atoms with van der Waals surface area (Å²) < 4.78 is 56.6. The molecule has 9 rings (SSSR count). The van der Waals surface area contributed by atoms with E-state index in [1.54, 1.807) is 26.6 Å². The number of halogens is 4. The minimum atomic E-state index is -5.08. The highest BCUT2D eigenvalue weighted by molar-refractivity contribution is 6.08. The topological polar surface area (TPSA) is 180 Å². The van der Waals surface area contributed by atoms with E-state index in [4.69, 9.17) is 19.7 Å². The van der Waals surface area contributed by atoms with E-state index in [0.717, 1.165) is 54.6 Å². The Morgan fingerprint density at radius 2 is 1.61 bits per heavy atom. The zero-order valence-corrected chi connectivity index (χ0v) is 37.3. The van der Waals surface area contributed by atoms with E-state index in [0.29, 0.717) is 53.8 Å². The number of carbonyl (C=O) groups is 4. The zero-order valence-electron chi connectivity index (χ0n) is 37.3. The van der Waals surface area contributed by atoms with Gasteiger partial charge in [0, 0.05) is 67.4 Å². The van der Waals surface area contributed by atoms with Gasteiger partial charge in [-0.2, -0.15) is 23.4 Å². The molecule has 3 aliphatic rings. The maximum atomic E-state index is 15.4. The van der Waals surface area contributed by atoms with E-state index in [1.165, 1.54) is 17.2 Å². The number of benzene rings is 3.